The molecule has 0 aromatic rings. The van der Waals surface area contributed by atoms with E-state index >= 15 is 0 Å². The Morgan fingerprint density at radius 3 is 2.42 bits per heavy atom. The van der Waals surface area contributed by atoms with Crippen molar-refractivity contribution in [2.75, 3.05) is 6.26 Å². The average Bonchev–Trinajstić information content (AvgIpc) is 2.79. The van der Waals surface area contributed by atoms with Crippen molar-refractivity contribution in [3.8, 4) is 0 Å². The monoisotopic (exact) mass is 188 g/mol. The molecule has 1 saturated heterocycles. The van der Waals surface area contributed by atoms with Crippen LogP contribution in [0.3, 0.4) is 0 Å². The lowest BCUT2D eigenvalue weighted by Gasteiger charge is -2.25. The van der Waals surface area contributed by atoms with Gasteiger partial charge in [0.25, 0.3) is 0 Å². The Labute approximate surface area is 80.3 Å². The van der Waals surface area contributed by atoms with Gasteiger partial charge in [-0.05, 0) is 26.5 Å². The molecule has 2 heteroatoms. The van der Waals surface area contributed by atoms with Crippen LogP contribution in [-0.4, -0.2) is 23.2 Å². The number of hydrogen-bond acceptors (Lipinski definition) is 2. The molecule has 1 rings (SSSR count). The van der Waals surface area contributed by atoms with Gasteiger partial charge in [-0.2, -0.15) is 11.8 Å². The van der Waals surface area contributed by atoms with Crippen LogP contribution >= 0.6 is 11.8 Å². The van der Waals surface area contributed by atoms with E-state index in [9.17, 15) is 0 Å². The van der Waals surface area contributed by atoms with E-state index in [4.69, 9.17) is 4.74 Å². The van der Waals surface area contributed by atoms with Gasteiger partial charge in [0.2, 0.25) is 0 Å². The lowest BCUT2D eigenvalue weighted by atomic mass is 9.98. The highest BCUT2D eigenvalue weighted by Gasteiger charge is 2.48. The average molecular weight is 188 g/mol. The molecule has 3 unspecified atom stereocenters. The summed E-state index contributed by atoms with van der Waals surface area (Å²) in [5.41, 5.74) is 0. The summed E-state index contributed by atoms with van der Waals surface area (Å²) in [5, 5.41) is 0. The molecule has 1 nitrogen and oxygen atoms in total. The van der Waals surface area contributed by atoms with Crippen molar-refractivity contribution >= 4 is 11.8 Å². The van der Waals surface area contributed by atoms with E-state index in [0.717, 1.165) is 0 Å². The zero-order chi connectivity index (χ0) is 9.19. The fourth-order valence-corrected chi connectivity index (χ4v) is 2.54. The fraction of sp³-hybridized carbons (Fsp3) is 1.00. The van der Waals surface area contributed by atoms with Crippen molar-refractivity contribution in [2.24, 2.45) is 0 Å². The molecule has 0 bridgehead atoms. The predicted octanol–water partition coefficient (Wildman–Crippen LogP) is 3.09. The van der Waals surface area contributed by atoms with Gasteiger partial charge < -0.3 is 4.74 Å². The van der Waals surface area contributed by atoms with Crippen LogP contribution in [0, 0.1) is 0 Å². The molecule has 1 aliphatic rings. The van der Waals surface area contributed by atoms with Crippen molar-refractivity contribution in [1.82, 2.24) is 0 Å². The van der Waals surface area contributed by atoms with Crippen LogP contribution in [0.2, 0.25) is 0 Å². The minimum absolute atomic E-state index is 0.370. The van der Waals surface area contributed by atoms with E-state index in [2.05, 4.69) is 27.0 Å². The van der Waals surface area contributed by atoms with Gasteiger partial charge in [-0.1, -0.05) is 19.8 Å². The van der Waals surface area contributed by atoms with E-state index in [1.54, 1.807) is 0 Å². The highest BCUT2D eigenvalue weighted by Crippen LogP contribution is 2.43. The molecule has 0 aromatic carbocycles. The summed E-state index contributed by atoms with van der Waals surface area (Å²) in [6, 6.07) is 0. The maximum absolute atomic E-state index is 5.55. The second-order valence-electron chi connectivity index (χ2n) is 3.88. The van der Waals surface area contributed by atoms with E-state index < -0.39 is 0 Å². The SMILES string of the molecule is CCCCC(C)(SC)C1OC1C. The molecule has 72 valence electrons. The first-order chi connectivity index (χ1) is 5.64. The van der Waals surface area contributed by atoms with Crippen molar-refractivity contribution in [3.05, 3.63) is 0 Å². The summed E-state index contributed by atoms with van der Waals surface area (Å²) in [6.45, 7) is 6.75. The lowest BCUT2D eigenvalue weighted by Crippen LogP contribution is -2.28. The van der Waals surface area contributed by atoms with Gasteiger partial charge in [0, 0.05) is 4.75 Å². The van der Waals surface area contributed by atoms with Crippen LogP contribution in [0.4, 0.5) is 0 Å². The molecule has 3 atom stereocenters. The minimum Gasteiger partial charge on any atom is -0.368 e. The molecule has 0 radical (unpaired) electrons. The Bertz CT molecular complexity index is 149. The number of thioether (sulfide) groups is 1. The van der Waals surface area contributed by atoms with E-state index in [-0.39, 0.29) is 0 Å². The number of hydrogen-bond donors (Lipinski definition) is 0. The summed E-state index contributed by atoms with van der Waals surface area (Å²) in [7, 11) is 0. The maximum Gasteiger partial charge on any atom is 0.0982 e. The third kappa shape index (κ3) is 2.17. The molecule has 0 spiro atoms. The van der Waals surface area contributed by atoms with Crippen LogP contribution in [0.5, 0.6) is 0 Å². The standard InChI is InChI=1S/C10H20OS/c1-5-6-7-10(3,12-4)9-8(2)11-9/h8-9H,5-7H2,1-4H3. The number of rotatable bonds is 5. The van der Waals surface area contributed by atoms with Crippen molar-refractivity contribution in [3.63, 3.8) is 0 Å². The van der Waals surface area contributed by atoms with Gasteiger partial charge in [-0.3, -0.25) is 0 Å². The van der Waals surface area contributed by atoms with Crippen molar-refractivity contribution < 1.29 is 4.74 Å². The molecule has 0 saturated carbocycles. The third-order valence-corrected chi connectivity index (χ3v) is 4.17. The van der Waals surface area contributed by atoms with Crippen LogP contribution < -0.4 is 0 Å². The minimum atomic E-state index is 0.370. The zero-order valence-corrected chi connectivity index (χ0v) is 9.41. The molecule has 1 fully saturated rings. The van der Waals surface area contributed by atoms with Crippen LogP contribution in [-0.2, 0) is 4.74 Å². The Morgan fingerprint density at radius 2 is 2.08 bits per heavy atom. The van der Waals surface area contributed by atoms with Gasteiger partial charge in [0.1, 0.15) is 0 Å². The number of ether oxygens (including phenoxy) is 1. The molecule has 12 heavy (non-hydrogen) atoms. The van der Waals surface area contributed by atoms with Gasteiger partial charge >= 0.3 is 0 Å². The largest absolute Gasteiger partial charge is 0.368 e. The predicted molar refractivity (Wildman–Crippen MR) is 55.8 cm³/mol. The summed E-state index contributed by atoms with van der Waals surface area (Å²) in [5.74, 6) is 0. The topological polar surface area (TPSA) is 12.5 Å². The lowest BCUT2D eigenvalue weighted by molar-refractivity contribution is 0.335. The molecule has 1 heterocycles. The summed E-state index contributed by atoms with van der Waals surface area (Å²) in [4.78, 5) is 0. The fourth-order valence-electron chi connectivity index (χ4n) is 1.71. The second kappa shape index (κ2) is 4.01. The second-order valence-corrected chi connectivity index (χ2v) is 5.22. The Kier molecular flexibility index (Phi) is 3.47. The quantitative estimate of drug-likeness (QED) is 0.615. The first-order valence-corrected chi connectivity index (χ1v) is 6.07. The van der Waals surface area contributed by atoms with Crippen molar-refractivity contribution in [1.29, 1.82) is 0 Å². The summed E-state index contributed by atoms with van der Waals surface area (Å²) >= 11 is 1.96. The van der Waals surface area contributed by atoms with Gasteiger partial charge in [-0.15, -0.1) is 0 Å². The van der Waals surface area contributed by atoms with Crippen LogP contribution in [0.25, 0.3) is 0 Å². The van der Waals surface area contributed by atoms with Crippen LogP contribution in [0.15, 0.2) is 0 Å². The van der Waals surface area contributed by atoms with E-state index in [0.29, 0.717) is 17.0 Å². The van der Waals surface area contributed by atoms with Gasteiger partial charge in [-0.25, -0.2) is 0 Å². The highest BCUT2D eigenvalue weighted by atomic mass is 32.2. The Balaban J connectivity index is 2.39. The molecule has 1 aliphatic heterocycles. The summed E-state index contributed by atoms with van der Waals surface area (Å²) in [6.07, 6.45) is 7.11. The van der Waals surface area contributed by atoms with Crippen LogP contribution in [0.1, 0.15) is 40.0 Å². The first-order valence-electron chi connectivity index (χ1n) is 4.84. The van der Waals surface area contributed by atoms with Gasteiger partial charge in [0.05, 0.1) is 12.2 Å². The zero-order valence-electron chi connectivity index (χ0n) is 8.59. The Morgan fingerprint density at radius 1 is 1.50 bits per heavy atom. The molecule has 0 N–H and O–H groups in total. The number of unbranched alkanes of at least 4 members (excludes halogenated alkanes) is 1. The number of epoxide rings is 1. The normalized spacial score (nSPS) is 33.0. The smallest absolute Gasteiger partial charge is 0.0982 e. The molecular weight excluding hydrogens is 168 g/mol. The van der Waals surface area contributed by atoms with Gasteiger partial charge in [0.15, 0.2) is 0 Å². The highest BCUT2D eigenvalue weighted by molar-refractivity contribution is 8.00. The molecule has 0 aliphatic carbocycles. The summed E-state index contributed by atoms with van der Waals surface area (Å²) < 4.78 is 5.92. The molecular formula is C10H20OS. The maximum atomic E-state index is 5.55. The van der Waals surface area contributed by atoms with E-state index in [1.807, 2.05) is 11.8 Å². The van der Waals surface area contributed by atoms with Crippen molar-refractivity contribution in [2.45, 2.75) is 57.0 Å². The third-order valence-electron chi connectivity index (χ3n) is 2.81. The van der Waals surface area contributed by atoms with E-state index in [1.165, 1.54) is 19.3 Å². The molecule has 0 amide bonds. The Hall–Kier alpha value is 0.310. The molecule has 0 aromatic heterocycles. The first kappa shape index (κ1) is 10.4.